The molecule has 0 amide bonds. The lowest BCUT2D eigenvalue weighted by Crippen LogP contribution is -2.59. The van der Waals surface area contributed by atoms with E-state index in [4.69, 9.17) is 9.47 Å². The molecule has 2 unspecified atom stereocenters. The van der Waals surface area contributed by atoms with Crippen LogP contribution in [0.4, 0.5) is 0 Å². The molecule has 2 N–H and O–H groups in total. The molecule has 0 radical (unpaired) electrons. The Morgan fingerprint density at radius 2 is 2.00 bits per heavy atom. The molecule has 182 valence electrons. The van der Waals surface area contributed by atoms with Crippen LogP contribution in [0.3, 0.4) is 0 Å². The second kappa shape index (κ2) is 12.1. The van der Waals surface area contributed by atoms with Crippen molar-refractivity contribution in [3.63, 3.8) is 0 Å². The Labute approximate surface area is 214 Å². The second-order valence-electron chi connectivity index (χ2n) is 8.82. The van der Waals surface area contributed by atoms with E-state index in [1.54, 1.807) is 0 Å². The largest absolute Gasteiger partial charge is 0.381 e. The first-order valence-corrected chi connectivity index (χ1v) is 11.5. The summed E-state index contributed by atoms with van der Waals surface area (Å²) in [5.74, 6) is 0.919. The van der Waals surface area contributed by atoms with Crippen LogP contribution in [-0.2, 0) is 16.5 Å². The highest BCUT2D eigenvalue weighted by atomic mass is 127. The number of aryl methyl sites for hydroxylation is 1. The predicted octanol–water partition coefficient (Wildman–Crippen LogP) is 2.89. The van der Waals surface area contributed by atoms with Crippen molar-refractivity contribution >= 4 is 29.9 Å². The molecule has 4 rings (SSSR count). The van der Waals surface area contributed by atoms with Crippen molar-refractivity contribution in [1.82, 2.24) is 25.3 Å². The van der Waals surface area contributed by atoms with Crippen molar-refractivity contribution in [1.29, 1.82) is 0 Å². The molecular weight excluding hydrogens is 531 g/mol. The van der Waals surface area contributed by atoms with Gasteiger partial charge in [-0.05, 0) is 25.3 Å². The van der Waals surface area contributed by atoms with Crippen LogP contribution in [0.2, 0.25) is 0 Å². The quantitative estimate of drug-likeness (QED) is 0.317. The molecule has 9 heteroatoms. The maximum atomic E-state index is 6.01. The summed E-state index contributed by atoms with van der Waals surface area (Å²) in [6.07, 6.45) is 5.85. The van der Waals surface area contributed by atoms with Gasteiger partial charge in [0.05, 0.1) is 19.3 Å². The number of aromatic nitrogens is 2. The van der Waals surface area contributed by atoms with Gasteiger partial charge in [-0.25, -0.2) is 0 Å². The monoisotopic (exact) mass is 568 g/mol. The maximum absolute atomic E-state index is 6.01. The molecule has 2 fully saturated rings. The van der Waals surface area contributed by atoms with E-state index in [0.717, 1.165) is 57.2 Å². The lowest BCUT2D eigenvalue weighted by atomic mass is 9.88. The van der Waals surface area contributed by atoms with Crippen molar-refractivity contribution in [2.45, 2.75) is 37.5 Å². The highest BCUT2D eigenvalue weighted by Gasteiger charge is 2.35. The van der Waals surface area contributed by atoms with Gasteiger partial charge in [-0.15, -0.1) is 24.0 Å². The first-order chi connectivity index (χ1) is 15.6. The van der Waals surface area contributed by atoms with Crippen LogP contribution in [0.5, 0.6) is 0 Å². The predicted molar refractivity (Wildman–Crippen MR) is 141 cm³/mol. The Hall–Kier alpha value is -1.69. The number of ether oxygens (including phenoxy) is 2. The van der Waals surface area contributed by atoms with E-state index >= 15 is 0 Å². The number of halogens is 1. The topological polar surface area (TPSA) is 75.9 Å². The third-order valence-electron chi connectivity index (χ3n) is 6.53. The number of nitrogens with zero attached hydrogens (tertiary/aromatic N) is 4. The summed E-state index contributed by atoms with van der Waals surface area (Å²) < 4.78 is 13.5. The molecule has 2 saturated heterocycles. The molecule has 0 bridgehead atoms. The molecule has 2 aliphatic rings. The molecule has 3 heterocycles. The van der Waals surface area contributed by atoms with E-state index < -0.39 is 0 Å². The van der Waals surface area contributed by atoms with Gasteiger partial charge in [-0.2, -0.15) is 5.10 Å². The summed E-state index contributed by atoms with van der Waals surface area (Å²) in [5, 5.41) is 11.9. The summed E-state index contributed by atoms with van der Waals surface area (Å²) in [5.41, 5.74) is 2.36. The molecule has 0 saturated carbocycles. The number of morpholine rings is 1. The van der Waals surface area contributed by atoms with Crippen LogP contribution in [-0.4, -0.2) is 72.7 Å². The zero-order valence-corrected chi connectivity index (χ0v) is 22.2. The van der Waals surface area contributed by atoms with Crippen LogP contribution >= 0.6 is 24.0 Å². The normalized spacial score (nSPS) is 21.8. The SMILES string of the molecule is CN=C(NCC1(NC(C)c2ccccc2)CCOCC1)N1CCOC(c2cnn(C)c2)C1.I. The van der Waals surface area contributed by atoms with Crippen molar-refractivity contribution in [3.8, 4) is 0 Å². The molecular formula is C24H37IN6O2. The Kier molecular flexibility index (Phi) is 9.54. The second-order valence-corrected chi connectivity index (χ2v) is 8.82. The van der Waals surface area contributed by atoms with Gasteiger partial charge < -0.3 is 25.0 Å². The van der Waals surface area contributed by atoms with Gasteiger partial charge in [0.15, 0.2) is 5.96 Å². The average molecular weight is 569 g/mol. The third kappa shape index (κ3) is 6.68. The number of rotatable bonds is 6. The molecule has 1 aromatic heterocycles. The molecule has 2 aliphatic heterocycles. The van der Waals surface area contributed by atoms with E-state index in [9.17, 15) is 0 Å². The lowest BCUT2D eigenvalue weighted by Gasteiger charge is -2.42. The van der Waals surface area contributed by atoms with Gasteiger partial charge >= 0.3 is 0 Å². The van der Waals surface area contributed by atoms with Gasteiger partial charge in [0, 0.05) is 63.7 Å². The molecule has 0 spiro atoms. The molecule has 0 aliphatic carbocycles. The minimum absolute atomic E-state index is 0. The summed E-state index contributed by atoms with van der Waals surface area (Å²) in [6, 6.07) is 10.9. The summed E-state index contributed by atoms with van der Waals surface area (Å²) in [7, 11) is 3.79. The van der Waals surface area contributed by atoms with Gasteiger partial charge in [0.25, 0.3) is 0 Å². The molecule has 8 nitrogen and oxygen atoms in total. The smallest absolute Gasteiger partial charge is 0.193 e. The number of aliphatic imine (C=N–C) groups is 1. The summed E-state index contributed by atoms with van der Waals surface area (Å²) in [6.45, 7) is 6.83. The van der Waals surface area contributed by atoms with E-state index in [0.29, 0.717) is 6.61 Å². The Morgan fingerprint density at radius 1 is 1.24 bits per heavy atom. The maximum Gasteiger partial charge on any atom is 0.193 e. The van der Waals surface area contributed by atoms with Crippen molar-refractivity contribution < 1.29 is 9.47 Å². The number of hydrogen-bond donors (Lipinski definition) is 2. The van der Waals surface area contributed by atoms with E-state index in [1.165, 1.54) is 5.56 Å². The number of nitrogens with one attached hydrogen (secondary N) is 2. The minimum atomic E-state index is -0.0432. The van der Waals surface area contributed by atoms with Crippen molar-refractivity contribution in [2.75, 3.05) is 46.5 Å². The minimum Gasteiger partial charge on any atom is -0.381 e. The molecule has 2 aromatic rings. The number of guanidine groups is 1. The molecule has 33 heavy (non-hydrogen) atoms. The standard InChI is InChI=1S/C24H36N6O2.HI/c1-19(20-7-5-4-6-8-20)28-24(9-12-31-13-10-24)18-26-23(25-2)30-11-14-32-22(17-30)21-15-27-29(3)16-21;/h4-8,15-16,19,22,28H,9-14,17-18H2,1-3H3,(H,25,26);1H. The number of hydrogen-bond acceptors (Lipinski definition) is 5. The Bertz CT molecular complexity index is 884. The Morgan fingerprint density at radius 3 is 2.67 bits per heavy atom. The van der Waals surface area contributed by atoms with Crippen molar-refractivity contribution in [3.05, 3.63) is 53.9 Å². The fourth-order valence-electron chi connectivity index (χ4n) is 4.65. The summed E-state index contributed by atoms with van der Waals surface area (Å²) >= 11 is 0. The zero-order chi connectivity index (χ0) is 22.4. The average Bonchev–Trinajstić information content (AvgIpc) is 3.27. The first-order valence-electron chi connectivity index (χ1n) is 11.5. The molecule has 1 aromatic carbocycles. The number of benzene rings is 1. The van der Waals surface area contributed by atoms with Crippen molar-refractivity contribution in [2.24, 2.45) is 12.0 Å². The third-order valence-corrected chi connectivity index (χ3v) is 6.53. The van der Waals surface area contributed by atoms with Crippen LogP contribution in [0, 0.1) is 0 Å². The first kappa shape index (κ1) is 25.9. The zero-order valence-electron chi connectivity index (χ0n) is 19.9. The van der Waals surface area contributed by atoms with E-state index in [-0.39, 0.29) is 41.7 Å². The fraction of sp³-hybridized carbons (Fsp3) is 0.583. The summed E-state index contributed by atoms with van der Waals surface area (Å²) in [4.78, 5) is 6.88. The fourth-order valence-corrected chi connectivity index (χ4v) is 4.65. The van der Waals surface area contributed by atoms with Gasteiger partial charge in [-0.3, -0.25) is 9.67 Å². The molecule has 2 atom stereocenters. The van der Waals surface area contributed by atoms with Crippen LogP contribution in [0.15, 0.2) is 47.7 Å². The Balaban J connectivity index is 0.00000306. The van der Waals surface area contributed by atoms with Crippen LogP contribution in [0.1, 0.15) is 43.0 Å². The van der Waals surface area contributed by atoms with E-state index in [2.05, 4.69) is 62.9 Å². The van der Waals surface area contributed by atoms with Gasteiger partial charge in [0.1, 0.15) is 6.10 Å². The van der Waals surface area contributed by atoms with E-state index in [1.807, 2.05) is 31.2 Å². The highest BCUT2D eigenvalue weighted by Crippen LogP contribution is 2.26. The van der Waals surface area contributed by atoms with Crippen LogP contribution < -0.4 is 10.6 Å². The lowest BCUT2D eigenvalue weighted by molar-refractivity contribution is -0.00854. The van der Waals surface area contributed by atoms with Crippen LogP contribution in [0.25, 0.3) is 0 Å². The van der Waals surface area contributed by atoms with Gasteiger partial charge in [-0.1, -0.05) is 30.3 Å². The van der Waals surface area contributed by atoms with Gasteiger partial charge in [0.2, 0.25) is 0 Å². The highest BCUT2D eigenvalue weighted by molar-refractivity contribution is 14.0.